The van der Waals surface area contributed by atoms with Crippen LogP contribution in [0.4, 0.5) is 13.2 Å². The van der Waals surface area contributed by atoms with Crippen molar-refractivity contribution in [3.8, 4) is 11.5 Å². The highest BCUT2D eigenvalue weighted by molar-refractivity contribution is 5.87. The third-order valence-corrected chi connectivity index (χ3v) is 6.12. The largest absolute Gasteiger partial charge is 0.487 e. The summed E-state index contributed by atoms with van der Waals surface area (Å²) in [7, 11) is 1.25. The molecule has 0 bridgehead atoms. The molecule has 0 aliphatic heterocycles. The average molecular weight is 543 g/mol. The molecule has 0 spiro atoms. The number of esters is 1. The van der Waals surface area contributed by atoms with E-state index in [1.54, 1.807) is 30.5 Å². The summed E-state index contributed by atoms with van der Waals surface area (Å²) in [6.45, 7) is 4.08. The van der Waals surface area contributed by atoms with Crippen LogP contribution in [0, 0.1) is 0 Å². The van der Waals surface area contributed by atoms with Crippen molar-refractivity contribution >= 4 is 16.9 Å². The Morgan fingerprint density at radius 1 is 1.05 bits per heavy atom. The molecule has 39 heavy (non-hydrogen) atoms. The molecule has 0 radical (unpaired) electrons. The number of alkyl halides is 3. The van der Waals surface area contributed by atoms with Crippen molar-refractivity contribution in [3.05, 3.63) is 82.8 Å². The number of fused-ring (bicyclic) bond motifs is 1. The summed E-state index contributed by atoms with van der Waals surface area (Å²) in [4.78, 5) is 17.1. The van der Waals surface area contributed by atoms with E-state index in [0.29, 0.717) is 53.9 Å². The Bertz CT molecular complexity index is 1400. The van der Waals surface area contributed by atoms with Crippen molar-refractivity contribution in [2.24, 2.45) is 0 Å². The second-order valence-electron chi connectivity index (χ2n) is 8.95. The molecule has 2 heterocycles. The van der Waals surface area contributed by atoms with Crippen LogP contribution in [0.3, 0.4) is 0 Å². The molecular weight excluding hydrogens is 513 g/mol. The lowest BCUT2D eigenvalue weighted by atomic mass is 9.97. The first-order chi connectivity index (χ1) is 18.8. The van der Waals surface area contributed by atoms with Crippen LogP contribution in [-0.4, -0.2) is 23.2 Å². The van der Waals surface area contributed by atoms with Crippen molar-refractivity contribution in [2.75, 3.05) is 7.11 Å². The van der Waals surface area contributed by atoms with E-state index < -0.39 is 23.9 Å². The summed E-state index contributed by atoms with van der Waals surface area (Å²) in [6, 6.07) is 13.7. The highest BCUT2D eigenvalue weighted by Crippen LogP contribution is 2.42. The van der Waals surface area contributed by atoms with Gasteiger partial charge in [0.1, 0.15) is 18.1 Å². The topological polar surface area (TPSA) is 83.7 Å². The number of carbonyl (C=O) groups excluding carboxylic acids is 1. The maximum atomic E-state index is 13.6. The van der Waals surface area contributed by atoms with Gasteiger partial charge < -0.3 is 18.7 Å². The minimum absolute atomic E-state index is 0.000846. The van der Waals surface area contributed by atoms with Crippen molar-refractivity contribution in [1.29, 1.82) is 0 Å². The number of pyridine rings is 1. The van der Waals surface area contributed by atoms with Gasteiger partial charge in [-0.2, -0.15) is 13.2 Å². The number of rotatable bonds is 11. The van der Waals surface area contributed by atoms with Crippen molar-refractivity contribution in [1.82, 2.24) is 10.1 Å². The lowest BCUT2D eigenvalue weighted by Gasteiger charge is -2.22. The number of hydrogen-bond donors (Lipinski definition) is 0. The summed E-state index contributed by atoms with van der Waals surface area (Å²) in [6.07, 6.45) is -2.12. The number of ether oxygens (including phenoxy) is 3. The van der Waals surface area contributed by atoms with Gasteiger partial charge in [0.2, 0.25) is 6.10 Å². The third-order valence-electron chi connectivity index (χ3n) is 6.12. The summed E-state index contributed by atoms with van der Waals surface area (Å²) < 4.78 is 63.2. The molecule has 1 unspecified atom stereocenters. The Balaban J connectivity index is 1.71. The van der Waals surface area contributed by atoms with Crippen LogP contribution in [0.25, 0.3) is 11.0 Å². The average Bonchev–Trinajstić information content (AvgIpc) is 3.37. The molecule has 0 N–H and O–H groups in total. The van der Waals surface area contributed by atoms with Gasteiger partial charge in [0.25, 0.3) is 0 Å². The summed E-state index contributed by atoms with van der Waals surface area (Å²) in [5.74, 6) is 0.215. The minimum atomic E-state index is -4.67. The second-order valence-corrected chi connectivity index (χ2v) is 8.95. The van der Waals surface area contributed by atoms with E-state index in [1.807, 2.05) is 32.0 Å². The zero-order valence-corrected chi connectivity index (χ0v) is 21.9. The smallest absolute Gasteiger partial charge is 0.437 e. The number of carbonyl (C=O) groups is 1. The zero-order chi connectivity index (χ0) is 28.0. The van der Waals surface area contributed by atoms with Crippen LogP contribution < -0.4 is 9.47 Å². The van der Waals surface area contributed by atoms with Crippen LogP contribution in [0.5, 0.6) is 11.5 Å². The van der Waals surface area contributed by atoms with E-state index in [9.17, 15) is 18.0 Å². The molecule has 2 aromatic heterocycles. The molecule has 7 nitrogen and oxygen atoms in total. The molecule has 1 atom stereocenters. The minimum Gasteiger partial charge on any atom is -0.487 e. The van der Waals surface area contributed by atoms with E-state index in [1.165, 1.54) is 13.2 Å². The number of methoxy groups -OCH3 is 1. The lowest BCUT2D eigenvalue weighted by molar-refractivity contribution is -0.149. The molecule has 0 aliphatic carbocycles. The Morgan fingerprint density at radius 2 is 1.79 bits per heavy atom. The van der Waals surface area contributed by atoms with Gasteiger partial charge in [-0.25, -0.2) is 4.79 Å². The van der Waals surface area contributed by atoms with Crippen LogP contribution in [0.2, 0.25) is 0 Å². The van der Waals surface area contributed by atoms with Gasteiger partial charge in [-0.1, -0.05) is 50.0 Å². The predicted molar refractivity (Wildman–Crippen MR) is 137 cm³/mol. The van der Waals surface area contributed by atoms with Crippen LogP contribution in [0.15, 0.2) is 59.3 Å². The quantitative estimate of drug-likeness (QED) is 0.188. The van der Waals surface area contributed by atoms with Gasteiger partial charge in [-0.05, 0) is 48.7 Å². The fraction of sp³-hybridized carbons (Fsp3) is 0.345. The van der Waals surface area contributed by atoms with Gasteiger partial charge in [0.05, 0.1) is 18.2 Å². The maximum Gasteiger partial charge on any atom is 0.437 e. The molecule has 0 aliphatic rings. The number of aromatic nitrogens is 2. The number of aryl methyl sites for hydroxylation is 2. The van der Waals surface area contributed by atoms with Crippen molar-refractivity contribution in [2.45, 2.75) is 58.4 Å². The standard InChI is InChI=1S/C29H29F3N2O5/c1-4-8-19-16-23-26(39-34-27(23)29(30,31)32)22(9-5-2)24(19)38-25(28(35)36-3)18-11-13-21(14-12-18)37-17-20-10-6-7-15-33-20/h6-7,10-16,25H,4-5,8-9,17H2,1-3H3. The maximum absolute atomic E-state index is 13.6. The zero-order valence-electron chi connectivity index (χ0n) is 21.9. The first-order valence-electron chi connectivity index (χ1n) is 12.6. The normalized spacial score (nSPS) is 12.4. The molecule has 0 amide bonds. The Kier molecular flexibility index (Phi) is 8.73. The SMILES string of the molecule is CCCc1cc2c(C(F)(F)F)noc2c(CCC)c1OC(C(=O)OC)c1ccc(OCc2ccccn2)cc1. The molecule has 4 aromatic rings. The van der Waals surface area contributed by atoms with Gasteiger partial charge in [-0.3, -0.25) is 4.98 Å². The molecule has 2 aromatic carbocycles. The predicted octanol–water partition coefficient (Wildman–Crippen LogP) is 7.02. The van der Waals surface area contributed by atoms with Crippen molar-refractivity contribution < 1.29 is 36.7 Å². The number of halogens is 3. The summed E-state index contributed by atoms with van der Waals surface area (Å²) in [5, 5.41) is 3.20. The summed E-state index contributed by atoms with van der Waals surface area (Å²) >= 11 is 0. The van der Waals surface area contributed by atoms with E-state index >= 15 is 0 Å². The molecular formula is C29H29F3N2O5. The number of hydrogen-bond acceptors (Lipinski definition) is 7. The highest BCUT2D eigenvalue weighted by atomic mass is 19.4. The van der Waals surface area contributed by atoms with Gasteiger partial charge in [0.15, 0.2) is 11.3 Å². The molecule has 0 saturated carbocycles. The number of nitrogens with zero attached hydrogens (tertiary/aromatic N) is 2. The van der Waals surface area contributed by atoms with E-state index in [-0.39, 0.29) is 17.6 Å². The molecule has 4 rings (SSSR count). The third kappa shape index (κ3) is 6.32. The van der Waals surface area contributed by atoms with E-state index in [4.69, 9.17) is 18.7 Å². The highest BCUT2D eigenvalue weighted by Gasteiger charge is 2.38. The fourth-order valence-corrected chi connectivity index (χ4v) is 4.33. The van der Waals surface area contributed by atoms with Gasteiger partial charge in [0, 0.05) is 17.3 Å². The van der Waals surface area contributed by atoms with Crippen LogP contribution >= 0.6 is 0 Å². The second kappa shape index (κ2) is 12.2. The number of benzene rings is 2. The monoisotopic (exact) mass is 542 g/mol. The van der Waals surface area contributed by atoms with Gasteiger partial charge >= 0.3 is 12.1 Å². The Hall–Kier alpha value is -4.08. The van der Waals surface area contributed by atoms with Crippen molar-refractivity contribution in [3.63, 3.8) is 0 Å². The molecule has 206 valence electrons. The lowest BCUT2D eigenvalue weighted by Crippen LogP contribution is -2.21. The van der Waals surface area contributed by atoms with Gasteiger partial charge in [-0.15, -0.1) is 0 Å². The van der Waals surface area contributed by atoms with E-state index in [2.05, 4.69) is 10.1 Å². The summed E-state index contributed by atoms with van der Waals surface area (Å²) in [5.41, 5.74) is 1.15. The molecule has 10 heteroatoms. The fourth-order valence-electron chi connectivity index (χ4n) is 4.33. The first-order valence-corrected chi connectivity index (χ1v) is 12.6. The Morgan fingerprint density at radius 3 is 2.41 bits per heavy atom. The van der Waals surface area contributed by atoms with Crippen LogP contribution in [-0.2, 0) is 35.2 Å². The van der Waals surface area contributed by atoms with Crippen LogP contribution in [0.1, 0.15) is 60.9 Å². The molecule has 0 saturated heterocycles. The Labute approximate surface area is 223 Å². The molecule has 0 fully saturated rings. The first kappa shape index (κ1) is 27.9. The van der Waals surface area contributed by atoms with E-state index in [0.717, 1.165) is 5.69 Å².